The molecule has 0 spiro atoms. The van der Waals surface area contributed by atoms with Gasteiger partial charge in [0.1, 0.15) is 12.1 Å². The largest absolute Gasteiger partial charge is 0.480 e. The fraction of sp³-hybridized carbons (Fsp3) is 0.818. The Kier molecular flexibility index (Phi) is 3.14. The minimum atomic E-state index is -0.906. The van der Waals surface area contributed by atoms with Crippen LogP contribution in [0, 0.1) is 5.92 Å². The Bertz CT molecular complexity index is 298. The van der Waals surface area contributed by atoms with Gasteiger partial charge in [-0.25, -0.2) is 4.79 Å². The van der Waals surface area contributed by atoms with Gasteiger partial charge in [-0.2, -0.15) is 0 Å². The van der Waals surface area contributed by atoms with E-state index in [1.807, 2.05) is 6.92 Å². The number of carboxylic acid groups (broad SMARTS) is 1. The number of nitrogens with zero attached hydrogens (tertiary/aromatic N) is 1. The summed E-state index contributed by atoms with van der Waals surface area (Å²) in [6.45, 7) is 3.02. The van der Waals surface area contributed by atoms with Gasteiger partial charge in [0, 0.05) is 13.2 Å². The van der Waals surface area contributed by atoms with E-state index in [4.69, 9.17) is 9.84 Å². The Morgan fingerprint density at radius 3 is 2.69 bits per heavy atom. The molecule has 5 heteroatoms. The van der Waals surface area contributed by atoms with Gasteiger partial charge in [-0.15, -0.1) is 0 Å². The normalized spacial score (nSPS) is 34.3. The molecule has 2 saturated heterocycles. The fourth-order valence-electron chi connectivity index (χ4n) is 2.53. The van der Waals surface area contributed by atoms with Crippen LogP contribution in [0.1, 0.15) is 26.2 Å². The molecular formula is C11H17NO4. The molecule has 0 aliphatic carbocycles. The van der Waals surface area contributed by atoms with E-state index < -0.39 is 18.1 Å². The lowest BCUT2D eigenvalue weighted by Gasteiger charge is -2.25. The number of carbonyl (C=O) groups is 2. The second-order valence-electron chi connectivity index (χ2n) is 4.58. The van der Waals surface area contributed by atoms with E-state index in [-0.39, 0.29) is 11.8 Å². The molecule has 90 valence electrons. The zero-order valence-electron chi connectivity index (χ0n) is 9.39. The third-order valence-corrected chi connectivity index (χ3v) is 3.44. The van der Waals surface area contributed by atoms with Gasteiger partial charge in [-0.3, -0.25) is 4.79 Å². The molecule has 2 rings (SSSR count). The first kappa shape index (κ1) is 11.4. The van der Waals surface area contributed by atoms with Gasteiger partial charge >= 0.3 is 5.97 Å². The summed E-state index contributed by atoms with van der Waals surface area (Å²) >= 11 is 0. The highest BCUT2D eigenvalue weighted by Crippen LogP contribution is 2.27. The Labute approximate surface area is 94.4 Å². The SMILES string of the molecule is CC1CCN(C(=O)C2CCCO2)C1C(=O)O. The van der Waals surface area contributed by atoms with Crippen LogP contribution in [-0.4, -0.2) is 47.2 Å². The van der Waals surface area contributed by atoms with Gasteiger partial charge in [-0.1, -0.05) is 6.92 Å². The summed E-state index contributed by atoms with van der Waals surface area (Å²) in [5.41, 5.74) is 0. The van der Waals surface area contributed by atoms with Gasteiger partial charge in [0.05, 0.1) is 0 Å². The zero-order chi connectivity index (χ0) is 11.7. The first-order valence-electron chi connectivity index (χ1n) is 5.76. The fourth-order valence-corrected chi connectivity index (χ4v) is 2.53. The van der Waals surface area contributed by atoms with E-state index in [0.29, 0.717) is 13.2 Å². The first-order valence-corrected chi connectivity index (χ1v) is 5.76. The highest BCUT2D eigenvalue weighted by molar-refractivity contribution is 5.87. The summed E-state index contributed by atoms with van der Waals surface area (Å²) < 4.78 is 5.31. The van der Waals surface area contributed by atoms with Crippen LogP contribution in [0.3, 0.4) is 0 Å². The van der Waals surface area contributed by atoms with Crippen molar-refractivity contribution in [1.29, 1.82) is 0 Å². The van der Waals surface area contributed by atoms with Gasteiger partial charge in [-0.05, 0) is 25.2 Å². The molecule has 1 N–H and O–H groups in total. The smallest absolute Gasteiger partial charge is 0.326 e. The quantitative estimate of drug-likeness (QED) is 0.745. The minimum Gasteiger partial charge on any atom is -0.480 e. The number of likely N-dealkylation sites (tertiary alicyclic amines) is 1. The predicted molar refractivity (Wildman–Crippen MR) is 55.9 cm³/mol. The van der Waals surface area contributed by atoms with E-state index in [1.165, 1.54) is 4.90 Å². The Morgan fingerprint density at radius 2 is 2.12 bits per heavy atom. The summed E-state index contributed by atoms with van der Waals surface area (Å²) in [5.74, 6) is -1.02. The third kappa shape index (κ3) is 1.91. The Hall–Kier alpha value is -1.10. The Morgan fingerprint density at radius 1 is 1.38 bits per heavy atom. The monoisotopic (exact) mass is 227 g/mol. The van der Waals surface area contributed by atoms with Gasteiger partial charge in [0.2, 0.25) is 0 Å². The van der Waals surface area contributed by atoms with Crippen molar-refractivity contribution >= 4 is 11.9 Å². The maximum atomic E-state index is 12.0. The van der Waals surface area contributed by atoms with Gasteiger partial charge < -0.3 is 14.7 Å². The number of aliphatic carboxylic acids is 1. The molecule has 2 aliphatic rings. The average molecular weight is 227 g/mol. The van der Waals surface area contributed by atoms with Crippen LogP contribution in [0.4, 0.5) is 0 Å². The van der Waals surface area contributed by atoms with E-state index in [0.717, 1.165) is 19.3 Å². The summed E-state index contributed by atoms with van der Waals surface area (Å²) in [6.07, 6.45) is 1.95. The molecule has 0 aromatic carbocycles. The van der Waals surface area contributed by atoms with Crippen molar-refractivity contribution in [2.24, 2.45) is 5.92 Å². The van der Waals surface area contributed by atoms with Crippen molar-refractivity contribution in [2.75, 3.05) is 13.2 Å². The molecule has 0 aromatic heterocycles. The lowest BCUT2D eigenvalue weighted by molar-refractivity contribution is -0.153. The number of carbonyl (C=O) groups excluding carboxylic acids is 1. The summed E-state index contributed by atoms with van der Waals surface area (Å²) in [6, 6.07) is -0.670. The molecule has 3 atom stereocenters. The molecule has 3 unspecified atom stereocenters. The first-order chi connectivity index (χ1) is 7.61. The molecule has 1 amide bonds. The van der Waals surface area contributed by atoms with Crippen molar-refractivity contribution < 1.29 is 19.4 Å². The van der Waals surface area contributed by atoms with Gasteiger partial charge in [0.25, 0.3) is 5.91 Å². The summed E-state index contributed by atoms with van der Waals surface area (Å²) in [7, 11) is 0. The van der Waals surface area contributed by atoms with Crippen LogP contribution in [0.2, 0.25) is 0 Å². The van der Waals surface area contributed by atoms with E-state index in [9.17, 15) is 9.59 Å². The number of carboxylic acids is 1. The van der Waals surface area contributed by atoms with Crippen LogP contribution < -0.4 is 0 Å². The molecule has 0 saturated carbocycles. The molecule has 2 fully saturated rings. The lowest BCUT2D eigenvalue weighted by atomic mass is 10.0. The number of amides is 1. The molecule has 0 aromatic rings. The second kappa shape index (κ2) is 4.41. The highest BCUT2D eigenvalue weighted by atomic mass is 16.5. The highest BCUT2D eigenvalue weighted by Gasteiger charge is 2.42. The Balaban J connectivity index is 2.07. The lowest BCUT2D eigenvalue weighted by Crippen LogP contribution is -2.46. The average Bonchev–Trinajstić information content (AvgIpc) is 2.84. The van der Waals surface area contributed by atoms with Crippen LogP contribution >= 0.6 is 0 Å². The van der Waals surface area contributed by atoms with Crippen LogP contribution in [0.5, 0.6) is 0 Å². The number of ether oxygens (including phenoxy) is 1. The van der Waals surface area contributed by atoms with Crippen molar-refractivity contribution in [1.82, 2.24) is 4.90 Å². The summed E-state index contributed by atoms with van der Waals surface area (Å²) in [4.78, 5) is 24.6. The zero-order valence-corrected chi connectivity index (χ0v) is 9.39. The molecule has 0 bridgehead atoms. The molecular weight excluding hydrogens is 210 g/mol. The van der Waals surface area contributed by atoms with Crippen LogP contribution in [0.15, 0.2) is 0 Å². The van der Waals surface area contributed by atoms with Crippen molar-refractivity contribution in [2.45, 2.75) is 38.3 Å². The molecule has 16 heavy (non-hydrogen) atoms. The topological polar surface area (TPSA) is 66.8 Å². The molecule has 5 nitrogen and oxygen atoms in total. The number of hydrogen-bond donors (Lipinski definition) is 1. The predicted octanol–water partition coefficient (Wildman–Crippen LogP) is 0.487. The number of rotatable bonds is 2. The van der Waals surface area contributed by atoms with Gasteiger partial charge in [0.15, 0.2) is 0 Å². The second-order valence-corrected chi connectivity index (χ2v) is 4.58. The third-order valence-electron chi connectivity index (χ3n) is 3.44. The van der Waals surface area contributed by atoms with E-state index in [2.05, 4.69) is 0 Å². The minimum absolute atomic E-state index is 0.0304. The molecule has 0 radical (unpaired) electrons. The standard InChI is InChI=1S/C11H17NO4/c1-7-4-5-12(9(7)11(14)15)10(13)8-3-2-6-16-8/h7-9H,2-6H2,1H3,(H,14,15). The van der Waals surface area contributed by atoms with Crippen molar-refractivity contribution in [3.05, 3.63) is 0 Å². The molecule has 2 aliphatic heterocycles. The maximum absolute atomic E-state index is 12.0. The summed E-state index contributed by atoms with van der Waals surface area (Å²) in [5, 5.41) is 9.11. The van der Waals surface area contributed by atoms with Crippen LogP contribution in [0.25, 0.3) is 0 Å². The van der Waals surface area contributed by atoms with E-state index >= 15 is 0 Å². The van der Waals surface area contributed by atoms with Crippen LogP contribution in [-0.2, 0) is 14.3 Å². The number of hydrogen-bond acceptors (Lipinski definition) is 3. The molecule has 2 heterocycles. The van der Waals surface area contributed by atoms with E-state index in [1.54, 1.807) is 0 Å². The maximum Gasteiger partial charge on any atom is 0.326 e. The van der Waals surface area contributed by atoms with Crippen molar-refractivity contribution in [3.8, 4) is 0 Å². The van der Waals surface area contributed by atoms with Crippen molar-refractivity contribution in [3.63, 3.8) is 0 Å².